The maximum atomic E-state index is 13.6. The molecule has 8 nitrogen and oxygen atoms in total. The summed E-state index contributed by atoms with van der Waals surface area (Å²) in [5, 5.41) is 4.70. The van der Waals surface area contributed by atoms with Crippen LogP contribution in [0, 0.1) is 37.0 Å². The van der Waals surface area contributed by atoms with Crippen molar-refractivity contribution in [3.63, 3.8) is 0 Å². The maximum Gasteiger partial charge on any atom is 0.309 e. The fraction of sp³-hybridized carbons (Fsp3) is 0.556. The summed E-state index contributed by atoms with van der Waals surface area (Å²) in [6, 6.07) is 9.06. The van der Waals surface area contributed by atoms with E-state index in [1.165, 1.54) is 5.56 Å². The number of carbonyl (C=O) groups excluding carboxylic acids is 2. The van der Waals surface area contributed by atoms with Gasteiger partial charge in [0, 0.05) is 15.1 Å². The van der Waals surface area contributed by atoms with Gasteiger partial charge < -0.3 is 9.47 Å². The minimum atomic E-state index is -1.28. The molecule has 2 aliphatic rings. The molecule has 0 aliphatic heterocycles. The molecule has 2 aromatic heterocycles. The smallest absolute Gasteiger partial charge is 0.309 e. The van der Waals surface area contributed by atoms with Crippen molar-refractivity contribution in [2.75, 3.05) is 11.5 Å². The minimum Gasteiger partial charge on any atom is -0.472 e. The first kappa shape index (κ1) is 32.7. The summed E-state index contributed by atoms with van der Waals surface area (Å²) >= 11 is 0. The number of esters is 1. The quantitative estimate of drug-likeness (QED) is 0.138. The second-order valence-corrected chi connectivity index (χ2v) is 20.4. The van der Waals surface area contributed by atoms with Crippen LogP contribution >= 0.6 is 0 Å². The van der Waals surface area contributed by atoms with Crippen molar-refractivity contribution in [1.82, 2.24) is 14.8 Å². The number of rotatable bonds is 9. The van der Waals surface area contributed by atoms with E-state index in [4.69, 9.17) is 19.6 Å². The topological polar surface area (TPSA) is 86.6 Å². The van der Waals surface area contributed by atoms with Gasteiger partial charge in [0.15, 0.2) is 5.52 Å². The Morgan fingerprint density at radius 1 is 1.09 bits per heavy atom. The number of pyridine rings is 1. The van der Waals surface area contributed by atoms with E-state index in [1.807, 2.05) is 19.2 Å². The number of nitrogens with zero attached hydrogens (tertiary/aromatic N) is 4. The predicted octanol–water partition coefficient (Wildman–Crippen LogP) is 7.61. The molecule has 0 saturated heterocycles. The van der Waals surface area contributed by atoms with Crippen molar-refractivity contribution >= 4 is 42.5 Å². The molecule has 5 rings (SSSR count). The molecule has 0 radical (unpaired) electrons. The Morgan fingerprint density at radius 2 is 1.80 bits per heavy atom. The SMILES string of the molecule is CC#CC(=O)N(c1ccc2c(n1)c(OC1CCC(C(=O)OCC[Si](C)(C)C)C(C)(C)C1)nn2C)c1cc(C)c(C)cc1C1CC1. The Bertz CT molecular complexity index is 1670. The van der Waals surface area contributed by atoms with Gasteiger partial charge in [0.05, 0.1) is 23.7 Å². The largest absolute Gasteiger partial charge is 0.472 e. The Balaban J connectivity index is 1.42. The zero-order valence-corrected chi connectivity index (χ0v) is 29.4. The summed E-state index contributed by atoms with van der Waals surface area (Å²) in [5.41, 5.74) is 5.44. The van der Waals surface area contributed by atoms with E-state index < -0.39 is 8.07 Å². The number of benzene rings is 1. The number of ether oxygens (including phenoxy) is 2. The van der Waals surface area contributed by atoms with E-state index in [2.05, 4.69) is 71.3 Å². The van der Waals surface area contributed by atoms with Crippen molar-refractivity contribution in [2.45, 2.75) is 104 Å². The van der Waals surface area contributed by atoms with Crippen LogP contribution in [0.4, 0.5) is 11.5 Å². The Labute approximate surface area is 268 Å². The lowest BCUT2D eigenvalue weighted by Crippen LogP contribution is -2.42. The number of amides is 1. The molecule has 2 atom stereocenters. The molecule has 0 N–H and O–H groups in total. The Kier molecular flexibility index (Phi) is 9.19. The monoisotopic (exact) mass is 628 g/mol. The van der Waals surface area contributed by atoms with Crippen LogP contribution in [0.15, 0.2) is 24.3 Å². The number of carbonyl (C=O) groups is 2. The second-order valence-electron chi connectivity index (χ2n) is 14.8. The Hall–Kier alpha value is -3.64. The van der Waals surface area contributed by atoms with Crippen LogP contribution in [-0.2, 0) is 21.4 Å². The van der Waals surface area contributed by atoms with Crippen LogP contribution < -0.4 is 9.64 Å². The van der Waals surface area contributed by atoms with Crippen molar-refractivity contribution in [3.05, 3.63) is 41.0 Å². The number of hydrogen-bond donors (Lipinski definition) is 0. The first-order chi connectivity index (χ1) is 21.2. The van der Waals surface area contributed by atoms with Crippen LogP contribution in [0.2, 0.25) is 25.7 Å². The summed E-state index contributed by atoms with van der Waals surface area (Å²) in [6.45, 7) is 17.5. The van der Waals surface area contributed by atoms with Crippen molar-refractivity contribution in [3.8, 4) is 17.7 Å². The van der Waals surface area contributed by atoms with Crippen LogP contribution in [0.5, 0.6) is 5.88 Å². The van der Waals surface area contributed by atoms with Gasteiger partial charge >= 0.3 is 11.9 Å². The van der Waals surface area contributed by atoms with Gasteiger partial charge in [-0.1, -0.05) is 45.5 Å². The van der Waals surface area contributed by atoms with E-state index in [9.17, 15) is 9.59 Å². The van der Waals surface area contributed by atoms with Gasteiger partial charge in [-0.2, -0.15) is 0 Å². The van der Waals surface area contributed by atoms with E-state index >= 15 is 0 Å². The third kappa shape index (κ3) is 7.27. The molecule has 1 aromatic carbocycles. The lowest BCUT2D eigenvalue weighted by molar-refractivity contribution is -0.155. The zero-order chi connectivity index (χ0) is 32.7. The van der Waals surface area contributed by atoms with Crippen LogP contribution in [0.3, 0.4) is 0 Å². The number of anilines is 2. The standard InChI is InChI=1S/C36H48N4O4Si/c1-10-11-32(41)40(30-21-24(3)23(2)20-27(30)25-12-13-25)31-17-16-29-33(37-31)34(38-39(29)6)44-26-14-15-28(36(4,5)22-26)35(42)43-18-19-45(7,8)9/h16-17,20-21,25-26,28H,12-15,18-19,22H2,1-9H3. The minimum absolute atomic E-state index is 0.0943. The van der Waals surface area contributed by atoms with Gasteiger partial charge in [-0.15, -0.1) is 5.10 Å². The second kappa shape index (κ2) is 12.6. The third-order valence-corrected chi connectivity index (χ3v) is 11.1. The van der Waals surface area contributed by atoms with Gasteiger partial charge in [-0.05, 0) is 111 Å². The molecule has 3 aromatic rings. The summed E-state index contributed by atoms with van der Waals surface area (Å²) in [6.07, 6.45) is 4.21. The number of fused-ring (bicyclic) bond motifs is 1. The maximum absolute atomic E-state index is 13.6. The van der Waals surface area contributed by atoms with Crippen molar-refractivity contribution in [2.24, 2.45) is 18.4 Å². The van der Waals surface area contributed by atoms with E-state index in [0.29, 0.717) is 42.6 Å². The molecule has 2 aliphatic carbocycles. The fourth-order valence-electron chi connectivity index (χ4n) is 6.37. The molecular formula is C36H48N4O4Si. The highest BCUT2D eigenvalue weighted by Gasteiger charge is 2.43. The van der Waals surface area contributed by atoms with Gasteiger partial charge in [-0.3, -0.25) is 19.2 Å². The predicted molar refractivity (Wildman–Crippen MR) is 182 cm³/mol. The lowest BCUT2D eigenvalue weighted by Gasteiger charge is -2.40. The van der Waals surface area contributed by atoms with E-state index in [1.54, 1.807) is 16.5 Å². The van der Waals surface area contributed by atoms with Crippen LogP contribution in [-0.4, -0.2) is 47.4 Å². The molecule has 1 amide bonds. The average molecular weight is 629 g/mol. The van der Waals surface area contributed by atoms with Gasteiger partial charge in [0.1, 0.15) is 11.9 Å². The van der Waals surface area contributed by atoms with Crippen molar-refractivity contribution in [1.29, 1.82) is 0 Å². The molecule has 2 unspecified atom stereocenters. The highest BCUT2D eigenvalue weighted by molar-refractivity contribution is 6.76. The van der Waals surface area contributed by atoms with E-state index in [0.717, 1.165) is 47.6 Å². The molecule has 240 valence electrons. The molecule has 45 heavy (non-hydrogen) atoms. The first-order valence-corrected chi connectivity index (χ1v) is 19.9. The summed E-state index contributed by atoms with van der Waals surface area (Å²) in [7, 11) is 0.593. The first-order valence-electron chi connectivity index (χ1n) is 16.2. The molecule has 0 bridgehead atoms. The fourth-order valence-corrected chi connectivity index (χ4v) is 7.08. The highest BCUT2D eigenvalue weighted by atomic mass is 28.3. The summed E-state index contributed by atoms with van der Waals surface area (Å²) in [4.78, 5) is 33.3. The van der Waals surface area contributed by atoms with Gasteiger partial charge in [0.2, 0.25) is 0 Å². The summed E-state index contributed by atoms with van der Waals surface area (Å²) < 4.78 is 14.1. The molecular weight excluding hydrogens is 581 g/mol. The van der Waals surface area contributed by atoms with Gasteiger partial charge in [0.25, 0.3) is 5.88 Å². The third-order valence-electron chi connectivity index (χ3n) is 9.35. The lowest BCUT2D eigenvalue weighted by atomic mass is 9.68. The highest BCUT2D eigenvalue weighted by Crippen LogP contribution is 2.47. The average Bonchev–Trinajstić information content (AvgIpc) is 3.74. The molecule has 2 saturated carbocycles. The molecule has 0 spiro atoms. The molecule has 2 heterocycles. The number of aromatic nitrogens is 3. The normalized spacial score (nSPS) is 19.5. The van der Waals surface area contributed by atoms with Crippen LogP contribution in [0.25, 0.3) is 11.0 Å². The molecule has 9 heteroatoms. The van der Waals surface area contributed by atoms with Crippen molar-refractivity contribution < 1.29 is 19.1 Å². The number of hydrogen-bond acceptors (Lipinski definition) is 6. The number of aryl methyl sites for hydroxylation is 3. The molecule has 2 fully saturated rings. The van der Waals surface area contributed by atoms with Crippen LogP contribution in [0.1, 0.15) is 75.5 Å². The zero-order valence-electron chi connectivity index (χ0n) is 28.4. The van der Waals surface area contributed by atoms with Gasteiger partial charge in [-0.25, -0.2) is 4.98 Å². The summed E-state index contributed by atoms with van der Waals surface area (Å²) in [5.74, 6) is 6.30. The Morgan fingerprint density at radius 3 is 2.44 bits per heavy atom. The van der Waals surface area contributed by atoms with E-state index in [-0.39, 0.29) is 29.3 Å².